The van der Waals surface area contributed by atoms with Crippen LogP contribution < -0.4 is 20.1 Å². The molecule has 6 aliphatic carbocycles. The lowest BCUT2D eigenvalue weighted by atomic mass is 9.56. The number of pyridine rings is 4. The third kappa shape index (κ3) is 12.2. The Kier molecular flexibility index (Phi) is 15.6. The number of methoxy groups -OCH3 is 2. The summed E-state index contributed by atoms with van der Waals surface area (Å²) in [4.78, 5) is 40.8. The van der Waals surface area contributed by atoms with Crippen LogP contribution in [-0.2, 0) is 15.9 Å². The van der Waals surface area contributed by atoms with Crippen LogP contribution in [0.2, 0.25) is 0 Å². The average molecular weight is 954 g/mol. The summed E-state index contributed by atoms with van der Waals surface area (Å²) in [5.74, 6) is 0.161. The van der Waals surface area contributed by atoms with Crippen LogP contribution in [0.5, 0.6) is 11.8 Å². The molecule has 2 N–H and O–H groups in total. The van der Waals surface area contributed by atoms with Crippen molar-refractivity contribution in [2.24, 2.45) is 10.8 Å². The lowest BCUT2D eigenvalue weighted by Crippen LogP contribution is -2.57. The molecule has 0 aliphatic heterocycles. The minimum atomic E-state index is -0.498. The average Bonchev–Trinajstić information content (AvgIpc) is 3.24. The summed E-state index contributed by atoms with van der Waals surface area (Å²) >= 11 is 3.11. The zero-order chi connectivity index (χ0) is 45.8. The number of nitrogens with zero attached hydrogens (tertiary/aromatic N) is 4. The number of amides is 2. The molecular formula is C49H67BrF2N6O6. The number of alkyl carbamates (subject to hydrolysis) is 2. The van der Waals surface area contributed by atoms with Crippen LogP contribution >= 0.6 is 15.9 Å². The topological polar surface area (TPSA) is 147 Å². The van der Waals surface area contributed by atoms with Gasteiger partial charge in [0.05, 0.1) is 47.6 Å². The number of ether oxygens (including phenoxy) is 4. The summed E-state index contributed by atoms with van der Waals surface area (Å²) in [6.45, 7) is 15.3. The van der Waals surface area contributed by atoms with Gasteiger partial charge < -0.3 is 29.6 Å². The number of carbonyl (C=O) groups excluding carboxylic acids is 2. The molecule has 64 heavy (non-hydrogen) atoms. The lowest BCUT2D eigenvalue weighted by Gasteiger charge is -2.53. The largest absolute Gasteiger partial charge is 0.481 e. The van der Waals surface area contributed by atoms with Crippen LogP contribution in [0.3, 0.4) is 0 Å². The molecule has 0 unspecified atom stereocenters. The number of nitrogens with one attached hydrogen (secondary N) is 2. The zero-order valence-corrected chi connectivity index (χ0v) is 39.6. The van der Waals surface area contributed by atoms with Crippen molar-refractivity contribution >= 4 is 50.2 Å². The standard InChI is InChI=1S/C24H32FN3O3.C15H25NO2.C9H6BrFN2O.CH4/c1-22(2,3)31-21(29)28-24-12-9-23(10-13-24,11-14-24)8-7-16-17(25)15-26-18-5-6-19(30-4)27-20(16)18;1-5-14-6-9-15(10-7-14,11-8-14)16-12(17)18-13(2,3)4;1-14-7-3-2-6-9(13-7)8(10)5(11)4-12-6;/h5-6,15H,7-14H2,1-4H3,(H,28,29);5H,1,6-11H2,2-4H3,(H,16,17);2-4H,1H3;1H4. The summed E-state index contributed by atoms with van der Waals surface area (Å²) in [5.41, 5.74) is 2.41. The molecule has 4 heterocycles. The minimum Gasteiger partial charge on any atom is -0.481 e. The number of aryl methyl sites for hydroxylation is 1. The van der Waals surface area contributed by atoms with Crippen LogP contribution in [0.1, 0.15) is 138 Å². The molecule has 15 heteroatoms. The second kappa shape index (κ2) is 19.8. The second-order valence-electron chi connectivity index (χ2n) is 19.8. The molecule has 0 atom stereocenters. The maximum absolute atomic E-state index is 14.7. The molecule has 4 aromatic heterocycles. The molecule has 12 nitrogen and oxygen atoms in total. The summed E-state index contributed by atoms with van der Waals surface area (Å²) in [6.07, 6.45) is 18.0. The molecule has 6 aliphatic rings. The molecule has 10 rings (SSSR count). The Bertz CT molecular complexity index is 2260. The number of carbonyl (C=O) groups is 2. The summed E-state index contributed by atoms with van der Waals surface area (Å²) in [5, 5.41) is 6.28. The first-order valence-corrected chi connectivity index (χ1v) is 22.7. The number of fused-ring (bicyclic) bond motifs is 8. The van der Waals surface area contributed by atoms with Gasteiger partial charge in [-0.25, -0.2) is 28.3 Å². The van der Waals surface area contributed by atoms with Crippen molar-refractivity contribution in [1.29, 1.82) is 0 Å². The Morgan fingerprint density at radius 3 is 1.56 bits per heavy atom. The number of hydrogen-bond donors (Lipinski definition) is 2. The van der Waals surface area contributed by atoms with Gasteiger partial charge in [-0.15, -0.1) is 6.58 Å². The van der Waals surface area contributed by atoms with Gasteiger partial charge in [0.25, 0.3) is 0 Å². The maximum Gasteiger partial charge on any atom is 0.408 e. The highest BCUT2D eigenvalue weighted by Gasteiger charge is 2.50. The molecule has 6 fully saturated rings. The van der Waals surface area contributed by atoms with Gasteiger partial charge in [-0.1, -0.05) is 13.5 Å². The van der Waals surface area contributed by atoms with Crippen molar-refractivity contribution < 1.29 is 37.3 Å². The molecule has 0 saturated heterocycles. The van der Waals surface area contributed by atoms with Crippen molar-refractivity contribution in [3.05, 3.63) is 71.0 Å². The van der Waals surface area contributed by atoms with Gasteiger partial charge in [0.15, 0.2) is 5.82 Å². The number of allylic oxidation sites excluding steroid dienone is 1. The van der Waals surface area contributed by atoms with Crippen molar-refractivity contribution in [2.75, 3.05) is 14.2 Å². The molecule has 6 saturated carbocycles. The van der Waals surface area contributed by atoms with Crippen molar-refractivity contribution in [3.8, 4) is 11.8 Å². The van der Waals surface area contributed by atoms with E-state index < -0.39 is 17.0 Å². The number of hydrogen-bond acceptors (Lipinski definition) is 10. The molecule has 4 aromatic rings. The minimum absolute atomic E-state index is 0. The molecule has 350 valence electrons. The SMILES string of the molecule is C.C=CC12CCC(NC(=O)OC(C)(C)C)(CC1)CC2.COc1ccc2ncc(F)c(Br)c2n1.COc1ccc2ncc(F)c(CCC34CCC(NC(=O)OC(C)(C)C)(CC3)CC4)c2n1. The van der Waals surface area contributed by atoms with Crippen molar-refractivity contribution in [2.45, 2.75) is 161 Å². The van der Waals surface area contributed by atoms with E-state index in [0.717, 1.165) is 89.7 Å². The first-order valence-electron chi connectivity index (χ1n) is 21.9. The fraction of sp³-hybridized carbons (Fsp3) is 0.592. The van der Waals surface area contributed by atoms with E-state index >= 15 is 0 Å². The quantitative estimate of drug-likeness (QED) is 0.164. The Morgan fingerprint density at radius 1 is 0.703 bits per heavy atom. The molecule has 0 aromatic carbocycles. The van der Waals surface area contributed by atoms with E-state index in [4.69, 9.17) is 18.9 Å². The first kappa shape index (κ1) is 50.3. The predicted octanol–water partition coefficient (Wildman–Crippen LogP) is 12.3. The van der Waals surface area contributed by atoms with Crippen molar-refractivity contribution in [3.63, 3.8) is 0 Å². The number of halogens is 3. The highest BCUT2D eigenvalue weighted by atomic mass is 79.9. The van der Waals surface area contributed by atoms with Crippen LogP contribution in [0.25, 0.3) is 22.1 Å². The zero-order valence-electron chi connectivity index (χ0n) is 38.0. The summed E-state index contributed by atoms with van der Waals surface area (Å²) < 4.78 is 49.1. The Hall–Kier alpha value is -4.66. The van der Waals surface area contributed by atoms with E-state index in [2.05, 4.69) is 59.2 Å². The van der Waals surface area contributed by atoms with Gasteiger partial charge in [0.1, 0.15) is 22.5 Å². The maximum atomic E-state index is 14.7. The fourth-order valence-electron chi connectivity index (χ4n) is 9.50. The van der Waals surface area contributed by atoms with E-state index in [-0.39, 0.29) is 41.9 Å². The van der Waals surface area contributed by atoms with Gasteiger partial charge in [-0.2, -0.15) is 0 Å². The van der Waals surface area contributed by atoms with Gasteiger partial charge >= 0.3 is 12.2 Å². The predicted molar refractivity (Wildman–Crippen MR) is 250 cm³/mol. The van der Waals surface area contributed by atoms with Crippen LogP contribution in [-0.4, -0.2) is 68.6 Å². The fourth-order valence-corrected chi connectivity index (χ4v) is 9.90. The van der Waals surface area contributed by atoms with Gasteiger partial charge in [-0.3, -0.25) is 9.97 Å². The highest BCUT2D eigenvalue weighted by Crippen LogP contribution is 2.55. The van der Waals surface area contributed by atoms with Crippen LogP contribution in [0.15, 0.2) is 53.8 Å². The first-order chi connectivity index (χ1) is 29.6. The smallest absolute Gasteiger partial charge is 0.408 e. The molecule has 0 radical (unpaired) electrons. The lowest BCUT2D eigenvalue weighted by molar-refractivity contribution is 0.000838. The van der Waals surface area contributed by atoms with Gasteiger partial charge in [0, 0.05) is 28.8 Å². The van der Waals surface area contributed by atoms with E-state index in [9.17, 15) is 18.4 Å². The van der Waals surface area contributed by atoms with E-state index in [1.54, 1.807) is 25.3 Å². The number of aromatic nitrogens is 4. The van der Waals surface area contributed by atoms with Gasteiger partial charge in [-0.05, 0) is 170 Å². The third-order valence-corrected chi connectivity index (χ3v) is 14.1. The monoisotopic (exact) mass is 952 g/mol. The van der Waals surface area contributed by atoms with Gasteiger partial charge in [0.2, 0.25) is 11.8 Å². The van der Waals surface area contributed by atoms with E-state index in [1.165, 1.54) is 13.3 Å². The molecular weight excluding hydrogens is 886 g/mol. The Balaban J connectivity index is 0.000000198. The van der Waals surface area contributed by atoms with Crippen molar-refractivity contribution in [1.82, 2.24) is 30.6 Å². The second-order valence-corrected chi connectivity index (χ2v) is 20.6. The van der Waals surface area contributed by atoms with E-state index in [0.29, 0.717) is 55.7 Å². The Morgan fingerprint density at radius 2 is 1.12 bits per heavy atom. The number of rotatable bonds is 8. The molecule has 4 bridgehead atoms. The highest BCUT2D eigenvalue weighted by molar-refractivity contribution is 9.10. The summed E-state index contributed by atoms with van der Waals surface area (Å²) in [7, 11) is 3.07. The normalized spacial score (nSPS) is 24.5. The molecule has 0 spiro atoms. The molecule has 2 amide bonds. The summed E-state index contributed by atoms with van der Waals surface area (Å²) in [6, 6.07) is 6.97. The third-order valence-electron chi connectivity index (χ3n) is 13.3. The Labute approximate surface area is 385 Å². The van der Waals surface area contributed by atoms with Crippen LogP contribution in [0, 0.1) is 22.5 Å². The van der Waals surface area contributed by atoms with E-state index in [1.807, 2.05) is 47.6 Å². The van der Waals surface area contributed by atoms with Crippen LogP contribution in [0.4, 0.5) is 18.4 Å².